The molecule has 0 amide bonds. The first kappa shape index (κ1) is 25.1. The second-order valence-electron chi connectivity index (χ2n) is 8.05. The maximum atomic E-state index is 13.7. The molecule has 0 aliphatic carbocycles. The summed E-state index contributed by atoms with van der Waals surface area (Å²) in [5.41, 5.74) is 1.46. The predicted molar refractivity (Wildman–Crippen MR) is 111 cm³/mol. The molecule has 2 aliphatic rings. The van der Waals surface area contributed by atoms with E-state index in [0.29, 0.717) is 25.9 Å². The van der Waals surface area contributed by atoms with Crippen LogP contribution >= 0.6 is 0 Å². The van der Waals surface area contributed by atoms with Crippen molar-refractivity contribution in [2.24, 2.45) is 0 Å². The van der Waals surface area contributed by atoms with Crippen LogP contribution in [0.5, 0.6) is 0 Å². The van der Waals surface area contributed by atoms with Crippen molar-refractivity contribution in [3.8, 4) is 11.3 Å². The molecule has 1 N–H and O–H groups in total. The normalized spacial score (nSPS) is 19.0. The van der Waals surface area contributed by atoms with E-state index in [2.05, 4.69) is 16.5 Å². The smallest absolute Gasteiger partial charge is 0.475 e. The first-order valence-corrected chi connectivity index (χ1v) is 11.9. The van der Waals surface area contributed by atoms with Crippen molar-refractivity contribution < 1.29 is 35.9 Å². The van der Waals surface area contributed by atoms with Gasteiger partial charge in [-0.2, -0.15) is 13.2 Å². The molecule has 2 aromatic rings. The maximum absolute atomic E-state index is 13.7. The van der Waals surface area contributed by atoms with Gasteiger partial charge in [0.05, 0.1) is 23.7 Å². The zero-order chi connectivity index (χ0) is 24.6. The third-order valence-electron chi connectivity index (χ3n) is 6.04. The molecule has 1 fully saturated rings. The van der Waals surface area contributed by atoms with Crippen LogP contribution in [0.25, 0.3) is 11.3 Å². The van der Waals surface area contributed by atoms with Crippen LogP contribution in [0.15, 0.2) is 30.5 Å². The zero-order valence-electron chi connectivity index (χ0n) is 18.0. The Bertz CT molecular complexity index is 1130. The van der Waals surface area contributed by atoms with Crippen LogP contribution < -0.4 is 0 Å². The molecule has 0 atom stereocenters. The summed E-state index contributed by atoms with van der Waals surface area (Å²) in [7, 11) is -1.09. The molecule has 0 unspecified atom stereocenters. The molecule has 0 radical (unpaired) electrons. The molecule has 0 bridgehead atoms. The van der Waals surface area contributed by atoms with Gasteiger partial charge in [0.2, 0.25) is 10.0 Å². The van der Waals surface area contributed by atoms with Gasteiger partial charge >= 0.3 is 12.1 Å². The first-order valence-electron chi connectivity index (χ1n) is 10.0. The molecule has 4 rings (SSSR count). The number of carboxylic acids is 1. The number of likely N-dealkylation sites (N-methyl/N-ethyl adjacent to an activating group) is 1. The third-order valence-corrected chi connectivity index (χ3v) is 7.35. The molecule has 33 heavy (non-hydrogen) atoms. The van der Waals surface area contributed by atoms with Crippen LogP contribution in [0, 0.1) is 5.82 Å². The van der Waals surface area contributed by atoms with Crippen molar-refractivity contribution in [3.05, 3.63) is 42.1 Å². The Hall–Kier alpha value is -2.51. The van der Waals surface area contributed by atoms with Gasteiger partial charge < -0.3 is 9.67 Å². The van der Waals surface area contributed by atoms with E-state index in [9.17, 15) is 26.0 Å². The number of hydrogen-bond acceptors (Lipinski definition) is 5. The van der Waals surface area contributed by atoms with E-state index in [1.54, 1.807) is 10.4 Å². The van der Waals surface area contributed by atoms with Gasteiger partial charge in [0, 0.05) is 31.7 Å². The fourth-order valence-electron chi connectivity index (χ4n) is 4.28. The fourth-order valence-corrected chi connectivity index (χ4v) is 5.13. The van der Waals surface area contributed by atoms with Gasteiger partial charge in [-0.15, -0.1) is 0 Å². The molecule has 1 aromatic heterocycles. The summed E-state index contributed by atoms with van der Waals surface area (Å²) < 4.78 is 72.8. The Kier molecular flexibility index (Phi) is 6.87. The van der Waals surface area contributed by atoms with Crippen molar-refractivity contribution in [2.45, 2.75) is 31.1 Å². The molecule has 182 valence electrons. The number of imidazole rings is 1. The number of aliphatic carboxylic acids is 1. The van der Waals surface area contributed by atoms with E-state index in [4.69, 9.17) is 14.9 Å². The minimum atomic E-state index is -5.08. The van der Waals surface area contributed by atoms with E-state index in [0.717, 1.165) is 30.2 Å². The van der Waals surface area contributed by atoms with E-state index in [-0.39, 0.29) is 11.4 Å². The lowest BCUT2D eigenvalue weighted by Gasteiger charge is -2.49. The van der Waals surface area contributed by atoms with Gasteiger partial charge in [-0.1, -0.05) is 12.1 Å². The number of carboxylic acid groups (broad SMARTS) is 1. The number of halogens is 4. The summed E-state index contributed by atoms with van der Waals surface area (Å²) in [6.07, 6.45) is -0.598. The van der Waals surface area contributed by atoms with Crippen molar-refractivity contribution in [1.82, 2.24) is 18.8 Å². The van der Waals surface area contributed by atoms with Crippen molar-refractivity contribution in [2.75, 3.05) is 32.9 Å². The lowest BCUT2D eigenvalue weighted by Crippen LogP contribution is -2.56. The summed E-state index contributed by atoms with van der Waals surface area (Å²) in [4.78, 5) is 15.9. The Morgan fingerprint density at radius 2 is 1.76 bits per heavy atom. The number of sulfonamides is 1. The van der Waals surface area contributed by atoms with Gasteiger partial charge in [-0.25, -0.2) is 26.9 Å². The zero-order valence-corrected chi connectivity index (χ0v) is 18.8. The molecule has 2 aliphatic heterocycles. The van der Waals surface area contributed by atoms with Crippen LogP contribution in [-0.2, 0) is 26.9 Å². The Morgan fingerprint density at radius 3 is 2.27 bits per heavy atom. The number of benzene rings is 1. The van der Waals surface area contributed by atoms with Gasteiger partial charge in [-0.05, 0) is 32.0 Å². The highest BCUT2D eigenvalue weighted by molar-refractivity contribution is 7.88. The largest absolute Gasteiger partial charge is 0.490 e. The molecule has 3 heterocycles. The van der Waals surface area contributed by atoms with Gasteiger partial charge in [0.1, 0.15) is 11.6 Å². The van der Waals surface area contributed by atoms with Gasteiger partial charge in [0.15, 0.2) is 0 Å². The van der Waals surface area contributed by atoms with Gasteiger partial charge in [0.25, 0.3) is 0 Å². The SMILES string of the molecule is CN1CCn2c(-c3cccc(F)c3)cnc2C12CCN(S(C)(=O)=O)CC2.O=C(O)C(F)(F)F. The minimum absolute atomic E-state index is 0.262. The highest BCUT2D eigenvalue weighted by Gasteiger charge is 2.46. The number of rotatable bonds is 2. The molecular weight excluding hydrogens is 468 g/mol. The van der Waals surface area contributed by atoms with Crippen molar-refractivity contribution in [3.63, 3.8) is 0 Å². The summed E-state index contributed by atoms with van der Waals surface area (Å²) in [5.74, 6) is -2.06. The number of piperidine rings is 1. The number of nitrogens with zero attached hydrogens (tertiary/aromatic N) is 4. The molecule has 1 saturated heterocycles. The fraction of sp³-hybridized carbons (Fsp3) is 0.500. The highest BCUT2D eigenvalue weighted by atomic mass is 32.2. The Labute approximate surface area is 188 Å². The average molecular weight is 492 g/mol. The molecular formula is C20H24F4N4O4S. The molecule has 13 heteroatoms. The molecule has 8 nitrogen and oxygen atoms in total. The van der Waals surface area contributed by atoms with E-state index >= 15 is 0 Å². The predicted octanol–water partition coefficient (Wildman–Crippen LogP) is 2.52. The van der Waals surface area contributed by atoms with Gasteiger partial charge in [-0.3, -0.25) is 4.90 Å². The minimum Gasteiger partial charge on any atom is -0.475 e. The van der Waals surface area contributed by atoms with Crippen LogP contribution in [-0.4, -0.2) is 77.4 Å². The van der Waals surface area contributed by atoms with E-state index < -0.39 is 22.2 Å². The Morgan fingerprint density at radius 1 is 1.15 bits per heavy atom. The van der Waals surface area contributed by atoms with Crippen LogP contribution in [0.3, 0.4) is 0 Å². The standard InChI is InChI=1S/C18H23FN4O2S.C2HF3O2/c1-21-10-11-23-16(14-4-3-5-15(19)12-14)13-20-17(23)18(21)6-8-22(9-7-18)26(2,24)25;3-2(4,5)1(6)7/h3-5,12-13H,6-11H2,1-2H3;(H,6,7). The maximum Gasteiger partial charge on any atom is 0.490 e. The number of carbonyl (C=O) groups is 1. The first-order chi connectivity index (χ1) is 15.3. The topological polar surface area (TPSA) is 95.7 Å². The third kappa shape index (κ3) is 5.20. The van der Waals surface area contributed by atoms with Crippen molar-refractivity contribution in [1.29, 1.82) is 0 Å². The van der Waals surface area contributed by atoms with E-state index in [1.165, 1.54) is 18.4 Å². The summed E-state index contributed by atoms with van der Waals surface area (Å²) >= 11 is 0. The highest BCUT2D eigenvalue weighted by Crippen LogP contribution is 2.41. The molecule has 1 spiro atoms. The quantitative estimate of drug-likeness (QED) is 0.648. The summed E-state index contributed by atoms with van der Waals surface area (Å²) in [6.45, 7) is 2.62. The monoisotopic (exact) mass is 492 g/mol. The second-order valence-corrected chi connectivity index (χ2v) is 10.0. The number of fused-ring (bicyclic) bond motifs is 2. The lowest BCUT2D eigenvalue weighted by atomic mass is 9.84. The second kappa shape index (κ2) is 9.03. The number of aromatic nitrogens is 2. The van der Waals surface area contributed by atoms with Crippen LogP contribution in [0.2, 0.25) is 0 Å². The van der Waals surface area contributed by atoms with E-state index in [1.807, 2.05) is 12.3 Å². The lowest BCUT2D eigenvalue weighted by molar-refractivity contribution is -0.192. The van der Waals surface area contributed by atoms with Crippen LogP contribution in [0.1, 0.15) is 18.7 Å². The number of alkyl halides is 3. The summed E-state index contributed by atoms with van der Waals surface area (Å²) in [6, 6.07) is 6.57. The van der Waals surface area contributed by atoms with Crippen molar-refractivity contribution >= 4 is 16.0 Å². The number of hydrogen-bond donors (Lipinski definition) is 1. The molecule has 1 aromatic carbocycles. The summed E-state index contributed by atoms with van der Waals surface area (Å²) in [5, 5.41) is 7.12. The molecule has 0 saturated carbocycles. The van der Waals surface area contributed by atoms with Crippen LogP contribution in [0.4, 0.5) is 17.6 Å². The average Bonchev–Trinajstić information content (AvgIpc) is 3.16. The Balaban J connectivity index is 0.000000383.